The molecule has 1 heterocycles. The molecule has 2 aromatic rings. The lowest BCUT2D eigenvalue weighted by molar-refractivity contribution is -0.118. The summed E-state index contributed by atoms with van der Waals surface area (Å²) in [5, 5.41) is 7.28. The molecule has 0 bridgehead atoms. The number of carbonyl (C=O) groups excluding carboxylic acids is 1. The SMILES string of the molecule is CC(=O)NCCNCc1cc(C)nc2ccccc12. The minimum atomic E-state index is 0.00649. The van der Waals surface area contributed by atoms with Crippen LogP contribution in [-0.2, 0) is 11.3 Å². The summed E-state index contributed by atoms with van der Waals surface area (Å²) in [6.07, 6.45) is 0. The molecule has 0 aliphatic carbocycles. The molecule has 19 heavy (non-hydrogen) atoms. The van der Waals surface area contributed by atoms with E-state index >= 15 is 0 Å². The van der Waals surface area contributed by atoms with Crippen LogP contribution < -0.4 is 10.6 Å². The zero-order valence-corrected chi connectivity index (χ0v) is 11.4. The lowest BCUT2D eigenvalue weighted by Crippen LogP contribution is -2.29. The van der Waals surface area contributed by atoms with E-state index in [1.165, 1.54) is 17.9 Å². The molecule has 100 valence electrons. The highest BCUT2D eigenvalue weighted by molar-refractivity contribution is 5.82. The van der Waals surface area contributed by atoms with Gasteiger partial charge in [0.05, 0.1) is 5.52 Å². The fourth-order valence-electron chi connectivity index (χ4n) is 2.09. The maximum atomic E-state index is 10.7. The molecule has 0 spiro atoms. The lowest BCUT2D eigenvalue weighted by atomic mass is 10.1. The van der Waals surface area contributed by atoms with Crippen molar-refractivity contribution < 1.29 is 4.79 Å². The predicted octanol–water partition coefficient (Wildman–Crippen LogP) is 1.77. The Kier molecular flexibility index (Phi) is 4.47. The summed E-state index contributed by atoms with van der Waals surface area (Å²) in [5.74, 6) is 0.00649. The van der Waals surface area contributed by atoms with E-state index < -0.39 is 0 Å². The standard InChI is InChI=1S/C15H19N3O/c1-11-9-13(10-16-7-8-17-12(2)19)14-5-3-4-6-15(14)18-11/h3-6,9,16H,7-8,10H2,1-2H3,(H,17,19). The summed E-state index contributed by atoms with van der Waals surface area (Å²) in [6, 6.07) is 10.3. The van der Waals surface area contributed by atoms with E-state index in [1.54, 1.807) is 0 Å². The number of fused-ring (bicyclic) bond motifs is 1. The van der Waals surface area contributed by atoms with Crippen LogP contribution in [0.25, 0.3) is 10.9 Å². The van der Waals surface area contributed by atoms with E-state index in [9.17, 15) is 4.79 Å². The number of carbonyl (C=O) groups is 1. The summed E-state index contributed by atoms with van der Waals surface area (Å²) >= 11 is 0. The van der Waals surface area contributed by atoms with Gasteiger partial charge in [0.1, 0.15) is 0 Å². The van der Waals surface area contributed by atoms with Crippen molar-refractivity contribution in [3.63, 3.8) is 0 Å². The second-order valence-electron chi connectivity index (χ2n) is 4.60. The fraction of sp³-hybridized carbons (Fsp3) is 0.333. The molecule has 0 radical (unpaired) electrons. The molecule has 1 aromatic heterocycles. The summed E-state index contributed by atoms with van der Waals surface area (Å²) < 4.78 is 0. The normalized spacial score (nSPS) is 10.6. The Hall–Kier alpha value is -1.94. The highest BCUT2D eigenvalue weighted by Crippen LogP contribution is 2.17. The largest absolute Gasteiger partial charge is 0.355 e. The number of hydrogen-bond acceptors (Lipinski definition) is 3. The fourth-order valence-corrected chi connectivity index (χ4v) is 2.09. The zero-order chi connectivity index (χ0) is 13.7. The van der Waals surface area contributed by atoms with Crippen LogP contribution in [-0.4, -0.2) is 24.0 Å². The zero-order valence-electron chi connectivity index (χ0n) is 11.4. The van der Waals surface area contributed by atoms with Crippen LogP contribution >= 0.6 is 0 Å². The number of hydrogen-bond donors (Lipinski definition) is 2. The van der Waals surface area contributed by atoms with Crippen LogP contribution in [0, 0.1) is 6.92 Å². The molecule has 0 aliphatic rings. The molecule has 1 amide bonds. The van der Waals surface area contributed by atoms with Crippen molar-refractivity contribution in [1.82, 2.24) is 15.6 Å². The molecule has 0 unspecified atom stereocenters. The first-order valence-corrected chi connectivity index (χ1v) is 6.47. The number of amides is 1. The molecule has 0 fully saturated rings. The molecule has 0 saturated heterocycles. The van der Waals surface area contributed by atoms with Crippen LogP contribution in [0.5, 0.6) is 0 Å². The molecule has 4 nitrogen and oxygen atoms in total. The van der Waals surface area contributed by atoms with E-state index in [2.05, 4.69) is 27.8 Å². The van der Waals surface area contributed by atoms with Gasteiger partial charge < -0.3 is 10.6 Å². The third kappa shape index (κ3) is 3.76. The molecular formula is C15H19N3O. The first-order chi connectivity index (χ1) is 9.16. The van der Waals surface area contributed by atoms with Crippen molar-refractivity contribution in [3.05, 3.63) is 41.6 Å². The molecular weight excluding hydrogens is 238 g/mol. The second kappa shape index (κ2) is 6.29. The monoisotopic (exact) mass is 257 g/mol. The van der Waals surface area contributed by atoms with Gasteiger partial charge in [0, 0.05) is 37.6 Å². The van der Waals surface area contributed by atoms with Crippen molar-refractivity contribution in [2.45, 2.75) is 20.4 Å². The van der Waals surface area contributed by atoms with Gasteiger partial charge in [-0.2, -0.15) is 0 Å². The summed E-state index contributed by atoms with van der Waals surface area (Å²) in [7, 11) is 0. The molecule has 2 N–H and O–H groups in total. The Bertz CT molecular complexity index is 581. The van der Waals surface area contributed by atoms with Crippen molar-refractivity contribution in [2.75, 3.05) is 13.1 Å². The molecule has 1 aromatic carbocycles. The Balaban J connectivity index is 2.02. The number of pyridine rings is 1. The Morgan fingerprint density at radius 2 is 2.05 bits per heavy atom. The summed E-state index contributed by atoms with van der Waals surface area (Å²) in [4.78, 5) is 15.3. The predicted molar refractivity (Wildman–Crippen MR) is 76.9 cm³/mol. The average Bonchev–Trinajstić information content (AvgIpc) is 2.37. The quantitative estimate of drug-likeness (QED) is 0.803. The Morgan fingerprint density at radius 1 is 1.26 bits per heavy atom. The van der Waals surface area contributed by atoms with Gasteiger partial charge in [-0.05, 0) is 24.6 Å². The number of para-hydroxylation sites is 1. The molecule has 4 heteroatoms. The number of nitrogens with one attached hydrogen (secondary N) is 2. The van der Waals surface area contributed by atoms with Gasteiger partial charge in [-0.25, -0.2) is 0 Å². The van der Waals surface area contributed by atoms with E-state index in [0.29, 0.717) is 6.54 Å². The van der Waals surface area contributed by atoms with E-state index in [0.717, 1.165) is 24.3 Å². The van der Waals surface area contributed by atoms with Crippen molar-refractivity contribution in [1.29, 1.82) is 0 Å². The number of aryl methyl sites for hydroxylation is 1. The number of benzene rings is 1. The first kappa shape index (κ1) is 13.5. The molecule has 0 atom stereocenters. The van der Waals surface area contributed by atoms with Gasteiger partial charge >= 0.3 is 0 Å². The Labute approximate surface area is 113 Å². The minimum Gasteiger partial charge on any atom is -0.355 e. The van der Waals surface area contributed by atoms with Crippen LogP contribution in [0.4, 0.5) is 0 Å². The highest BCUT2D eigenvalue weighted by Gasteiger charge is 2.03. The van der Waals surface area contributed by atoms with Crippen LogP contribution in [0.3, 0.4) is 0 Å². The van der Waals surface area contributed by atoms with Crippen LogP contribution in [0.1, 0.15) is 18.2 Å². The first-order valence-electron chi connectivity index (χ1n) is 6.47. The molecule has 2 rings (SSSR count). The van der Waals surface area contributed by atoms with Crippen molar-refractivity contribution in [3.8, 4) is 0 Å². The van der Waals surface area contributed by atoms with E-state index in [4.69, 9.17) is 0 Å². The van der Waals surface area contributed by atoms with Gasteiger partial charge in [-0.3, -0.25) is 9.78 Å². The second-order valence-corrected chi connectivity index (χ2v) is 4.60. The maximum absolute atomic E-state index is 10.7. The van der Waals surface area contributed by atoms with Gasteiger partial charge in [-0.15, -0.1) is 0 Å². The Morgan fingerprint density at radius 3 is 2.84 bits per heavy atom. The topological polar surface area (TPSA) is 54.0 Å². The molecule has 0 saturated carbocycles. The van der Waals surface area contributed by atoms with Crippen LogP contribution in [0.15, 0.2) is 30.3 Å². The van der Waals surface area contributed by atoms with Gasteiger partial charge in [0.15, 0.2) is 0 Å². The van der Waals surface area contributed by atoms with Gasteiger partial charge in [0.2, 0.25) is 5.91 Å². The van der Waals surface area contributed by atoms with Gasteiger partial charge in [0.25, 0.3) is 0 Å². The lowest BCUT2D eigenvalue weighted by Gasteiger charge is -2.09. The number of rotatable bonds is 5. The summed E-state index contributed by atoms with van der Waals surface area (Å²) in [5.41, 5.74) is 3.30. The van der Waals surface area contributed by atoms with Crippen molar-refractivity contribution in [2.24, 2.45) is 0 Å². The van der Waals surface area contributed by atoms with Crippen LogP contribution in [0.2, 0.25) is 0 Å². The number of nitrogens with zero attached hydrogens (tertiary/aromatic N) is 1. The number of aromatic nitrogens is 1. The summed E-state index contributed by atoms with van der Waals surface area (Å²) in [6.45, 7) is 5.73. The highest BCUT2D eigenvalue weighted by atomic mass is 16.1. The van der Waals surface area contributed by atoms with Crippen molar-refractivity contribution >= 4 is 16.8 Å². The van der Waals surface area contributed by atoms with E-state index in [1.807, 2.05) is 25.1 Å². The maximum Gasteiger partial charge on any atom is 0.216 e. The van der Waals surface area contributed by atoms with E-state index in [-0.39, 0.29) is 5.91 Å². The third-order valence-electron chi connectivity index (χ3n) is 2.92. The minimum absolute atomic E-state index is 0.00649. The smallest absolute Gasteiger partial charge is 0.216 e. The molecule has 0 aliphatic heterocycles. The van der Waals surface area contributed by atoms with Gasteiger partial charge in [-0.1, -0.05) is 18.2 Å². The average molecular weight is 257 g/mol. The third-order valence-corrected chi connectivity index (χ3v) is 2.92.